The van der Waals surface area contributed by atoms with E-state index in [4.69, 9.17) is 4.74 Å². The van der Waals surface area contributed by atoms with Crippen LogP contribution >= 0.6 is 11.8 Å². The monoisotopic (exact) mass is 260 g/mol. The first kappa shape index (κ1) is 14.8. The van der Waals surface area contributed by atoms with Gasteiger partial charge in [0.05, 0.1) is 18.5 Å². The first-order valence-electron chi connectivity index (χ1n) is 6.24. The molecule has 1 saturated heterocycles. The molecular weight excluding hydrogens is 236 g/mol. The summed E-state index contributed by atoms with van der Waals surface area (Å²) < 4.78 is 5.30. The first-order valence-corrected chi connectivity index (χ1v) is 7.29. The normalized spacial score (nSPS) is 19.0. The molecule has 0 bridgehead atoms. The summed E-state index contributed by atoms with van der Waals surface area (Å²) in [7, 11) is 3.63. The zero-order valence-electron chi connectivity index (χ0n) is 11.1. The van der Waals surface area contributed by atoms with Crippen LogP contribution in [0.15, 0.2) is 0 Å². The van der Waals surface area contributed by atoms with Crippen molar-refractivity contribution in [3.05, 3.63) is 0 Å². The maximum absolute atomic E-state index is 11.6. The van der Waals surface area contributed by atoms with E-state index in [2.05, 4.69) is 4.90 Å². The predicted molar refractivity (Wildman–Crippen MR) is 72.5 cm³/mol. The Morgan fingerprint density at radius 1 is 1.41 bits per heavy atom. The SMILES string of the molecule is C[C@H](SCCCN1CCOCC1)C(=O)N(C)C. The highest BCUT2D eigenvalue weighted by atomic mass is 32.2. The molecule has 0 spiro atoms. The lowest BCUT2D eigenvalue weighted by Crippen LogP contribution is -2.37. The molecular formula is C12H24N2O2S. The molecule has 1 heterocycles. The summed E-state index contributed by atoms with van der Waals surface area (Å²) in [6.07, 6.45) is 1.15. The molecule has 0 saturated carbocycles. The van der Waals surface area contributed by atoms with Crippen LogP contribution in [-0.4, -0.2) is 73.7 Å². The highest BCUT2D eigenvalue weighted by Crippen LogP contribution is 2.14. The van der Waals surface area contributed by atoms with Crippen molar-refractivity contribution in [1.29, 1.82) is 0 Å². The number of hydrogen-bond acceptors (Lipinski definition) is 4. The highest BCUT2D eigenvalue weighted by Gasteiger charge is 2.15. The molecule has 1 aliphatic heterocycles. The zero-order chi connectivity index (χ0) is 12.7. The summed E-state index contributed by atoms with van der Waals surface area (Å²) in [4.78, 5) is 15.7. The third-order valence-corrected chi connectivity index (χ3v) is 4.10. The van der Waals surface area contributed by atoms with Crippen molar-refractivity contribution in [3.8, 4) is 0 Å². The fourth-order valence-corrected chi connectivity index (χ4v) is 2.81. The minimum atomic E-state index is 0.0784. The highest BCUT2D eigenvalue weighted by molar-refractivity contribution is 8.00. The molecule has 5 heteroatoms. The lowest BCUT2D eigenvalue weighted by Gasteiger charge is -2.26. The number of amides is 1. The van der Waals surface area contributed by atoms with E-state index >= 15 is 0 Å². The van der Waals surface area contributed by atoms with Gasteiger partial charge < -0.3 is 9.64 Å². The van der Waals surface area contributed by atoms with Crippen LogP contribution in [0.25, 0.3) is 0 Å². The van der Waals surface area contributed by atoms with E-state index in [0.29, 0.717) is 0 Å². The van der Waals surface area contributed by atoms with Gasteiger partial charge in [-0.3, -0.25) is 9.69 Å². The van der Waals surface area contributed by atoms with Gasteiger partial charge in [-0.05, 0) is 25.6 Å². The molecule has 0 N–H and O–H groups in total. The number of nitrogens with zero attached hydrogens (tertiary/aromatic N) is 2. The Kier molecular flexibility index (Phi) is 6.92. The van der Waals surface area contributed by atoms with Crippen molar-refractivity contribution in [2.24, 2.45) is 0 Å². The average molecular weight is 260 g/mol. The minimum absolute atomic E-state index is 0.0784. The smallest absolute Gasteiger partial charge is 0.234 e. The molecule has 1 rings (SSSR count). The number of ether oxygens (including phenoxy) is 1. The van der Waals surface area contributed by atoms with Gasteiger partial charge >= 0.3 is 0 Å². The Morgan fingerprint density at radius 2 is 2.06 bits per heavy atom. The van der Waals surface area contributed by atoms with Crippen LogP contribution in [0.3, 0.4) is 0 Å². The fraction of sp³-hybridized carbons (Fsp3) is 0.917. The van der Waals surface area contributed by atoms with Crippen molar-refractivity contribution in [3.63, 3.8) is 0 Å². The summed E-state index contributed by atoms with van der Waals surface area (Å²) >= 11 is 1.75. The number of carbonyl (C=O) groups excluding carboxylic acids is 1. The minimum Gasteiger partial charge on any atom is -0.379 e. The maximum atomic E-state index is 11.6. The van der Waals surface area contributed by atoms with Crippen LogP contribution in [0, 0.1) is 0 Å². The largest absolute Gasteiger partial charge is 0.379 e. The Morgan fingerprint density at radius 3 is 2.65 bits per heavy atom. The van der Waals surface area contributed by atoms with Crippen LogP contribution in [0.1, 0.15) is 13.3 Å². The van der Waals surface area contributed by atoms with E-state index in [1.54, 1.807) is 16.7 Å². The lowest BCUT2D eigenvalue weighted by atomic mass is 10.3. The summed E-state index contributed by atoms with van der Waals surface area (Å²) in [5.74, 6) is 1.26. The van der Waals surface area contributed by atoms with Gasteiger partial charge in [0.25, 0.3) is 0 Å². The zero-order valence-corrected chi connectivity index (χ0v) is 12.0. The average Bonchev–Trinajstić information content (AvgIpc) is 2.34. The number of morpholine rings is 1. The molecule has 0 aromatic rings. The lowest BCUT2D eigenvalue weighted by molar-refractivity contribution is -0.127. The predicted octanol–water partition coefficient (Wildman–Crippen LogP) is 0.919. The van der Waals surface area contributed by atoms with E-state index in [0.717, 1.165) is 45.0 Å². The summed E-state index contributed by atoms with van der Waals surface area (Å²) in [6.45, 7) is 6.94. The van der Waals surface area contributed by atoms with E-state index in [1.165, 1.54) is 0 Å². The van der Waals surface area contributed by atoms with Crippen LogP contribution < -0.4 is 0 Å². The Hall–Kier alpha value is -0.260. The topological polar surface area (TPSA) is 32.8 Å². The molecule has 1 fully saturated rings. The molecule has 0 aromatic carbocycles. The van der Waals surface area contributed by atoms with E-state index < -0.39 is 0 Å². The summed E-state index contributed by atoms with van der Waals surface area (Å²) in [6, 6.07) is 0. The van der Waals surface area contributed by atoms with E-state index in [-0.39, 0.29) is 11.2 Å². The quantitative estimate of drug-likeness (QED) is 0.665. The van der Waals surface area contributed by atoms with Gasteiger partial charge in [0, 0.05) is 27.2 Å². The molecule has 4 nitrogen and oxygen atoms in total. The van der Waals surface area contributed by atoms with Crippen molar-refractivity contribution in [2.75, 3.05) is 52.7 Å². The van der Waals surface area contributed by atoms with Crippen LogP contribution in [0.5, 0.6) is 0 Å². The molecule has 0 aliphatic carbocycles. The molecule has 1 atom stereocenters. The second kappa shape index (κ2) is 7.95. The number of hydrogen-bond donors (Lipinski definition) is 0. The van der Waals surface area contributed by atoms with Gasteiger partial charge in [0.2, 0.25) is 5.91 Å². The second-order valence-electron chi connectivity index (χ2n) is 4.55. The maximum Gasteiger partial charge on any atom is 0.234 e. The van der Waals surface area contributed by atoms with Gasteiger partial charge in [0.15, 0.2) is 0 Å². The summed E-state index contributed by atoms with van der Waals surface area (Å²) in [5.41, 5.74) is 0. The molecule has 1 aliphatic rings. The van der Waals surface area contributed by atoms with Crippen molar-refractivity contribution < 1.29 is 9.53 Å². The molecule has 100 valence electrons. The fourth-order valence-electron chi connectivity index (χ4n) is 1.81. The molecule has 17 heavy (non-hydrogen) atoms. The van der Waals surface area contributed by atoms with Gasteiger partial charge in [-0.1, -0.05) is 0 Å². The number of carbonyl (C=O) groups is 1. The van der Waals surface area contributed by atoms with E-state index in [1.807, 2.05) is 21.0 Å². The Labute approximate surface area is 109 Å². The molecule has 0 aromatic heterocycles. The third-order valence-electron chi connectivity index (χ3n) is 2.88. The van der Waals surface area contributed by atoms with Gasteiger partial charge in [-0.2, -0.15) is 0 Å². The second-order valence-corrected chi connectivity index (χ2v) is 6.00. The first-order chi connectivity index (χ1) is 8.11. The van der Waals surface area contributed by atoms with Crippen LogP contribution in [0.2, 0.25) is 0 Å². The van der Waals surface area contributed by atoms with Crippen molar-refractivity contribution >= 4 is 17.7 Å². The third kappa shape index (κ3) is 5.75. The van der Waals surface area contributed by atoms with Gasteiger partial charge in [0.1, 0.15) is 0 Å². The Bertz CT molecular complexity index is 231. The molecule has 0 unspecified atom stereocenters. The standard InChI is InChI=1S/C12H24N2O2S/c1-11(12(15)13(2)3)17-10-4-5-14-6-8-16-9-7-14/h11H,4-10H2,1-3H3/t11-/m0/s1. The van der Waals surface area contributed by atoms with Crippen LogP contribution in [0.4, 0.5) is 0 Å². The summed E-state index contributed by atoms with van der Waals surface area (Å²) in [5, 5.41) is 0.0784. The number of rotatable bonds is 6. The molecule has 1 amide bonds. The van der Waals surface area contributed by atoms with Crippen molar-refractivity contribution in [2.45, 2.75) is 18.6 Å². The van der Waals surface area contributed by atoms with Crippen molar-refractivity contribution in [1.82, 2.24) is 9.80 Å². The number of thioether (sulfide) groups is 1. The van der Waals surface area contributed by atoms with E-state index in [9.17, 15) is 4.79 Å². The molecule has 0 radical (unpaired) electrons. The van der Waals surface area contributed by atoms with Crippen LogP contribution in [-0.2, 0) is 9.53 Å². The Balaban J connectivity index is 2.05. The van der Waals surface area contributed by atoms with Gasteiger partial charge in [-0.15, -0.1) is 11.8 Å². The van der Waals surface area contributed by atoms with Gasteiger partial charge in [-0.25, -0.2) is 0 Å².